The maximum absolute atomic E-state index is 13.0. The number of nitrogens with two attached hydrogens (primary N) is 1. The van der Waals surface area contributed by atoms with Crippen LogP contribution >= 0.6 is 0 Å². The fourth-order valence-corrected chi connectivity index (χ4v) is 3.68. The number of ether oxygens (including phenoxy) is 1. The number of nitrogen functional groups attached to an aromatic ring is 1. The van der Waals surface area contributed by atoms with Gasteiger partial charge >= 0.3 is 0 Å². The van der Waals surface area contributed by atoms with Crippen LogP contribution in [0.2, 0.25) is 0 Å². The van der Waals surface area contributed by atoms with Crippen LogP contribution in [0.15, 0.2) is 57.8 Å². The molecule has 0 aliphatic heterocycles. The molecule has 35 heavy (non-hydrogen) atoms. The molecule has 2 aromatic carbocycles. The third-order valence-corrected chi connectivity index (χ3v) is 5.59. The van der Waals surface area contributed by atoms with Gasteiger partial charge in [-0.05, 0) is 47.5 Å². The number of carbonyl (C=O) groups excluding carboxylic acids is 1. The lowest BCUT2D eigenvalue weighted by Crippen LogP contribution is -2.12. The first-order valence-corrected chi connectivity index (χ1v) is 11.6. The first-order valence-electron chi connectivity index (χ1n) is 11.6. The summed E-state index contributed by atoms with van der Waals surface area (Å²) in [5.41, 5.74) is 6.50. The van der Waals surface area contributed by atoms with E-state index in [-0.39, 0.29) is 39.6 Å². The van der Waals surface area contributed by atoms with Crippen molar-refractivity contribution in [2.24, 2.45) is 0 Å². The molecule has 4 aromatic rings. The molecule has 0 aliphatic rings. The molecule has 2 heterocycles. The summed E-state index contributed by atoms with van der Waals surface area (Å²) in [7, 11) is 0. The smallest absolute Gasteiger partial charge is 0.242 e. The van der Waals surface area contributed by atoms with Crippen LogP contribution in [0.3, 0.4) is 0 Å². The van der Waals surface area contributed by atoms with Crippen molar-refractivity contribution >= 4 is 28.5 Å². The maximum Gasteiger partial charge on any atom is 0.242 e. The maximum atomic E-state index is 13.0. The van der Waals surface area contributed by atoms with Crippen LogP contribution in [-0.2, 0) is 0 Å². The molecule has 180 valence electrons. The summed E-state index contributed by atoms with van der Waals surface area (Å²) >= 11 is 0. The number of unbranched alkanes of at least 4 members (excludes halogenated alkanes) is 4. The third kappa shape index (κ3) is 5.63. The van der Waals surface area contributed by atoms with Crippen molar-refractivity contribution in [1.82, 2.24) is 20.6 Å². The Kier molecular flexibility index (Phi) is 7.67. The average Bonchev–Trinajstić information content (AvgIpc) is 3.42. The predicted octanol–water partition coefficient (Wildman–Crippen LogP) is 4.80. The summed E-state index contributed by atoms with van der Waals surface area (Å²) in [6.07, 6.45) is 9.07. The zero-order valence-corrected chi connectivity index (χ0v) is 19.5. The molecule has 0 saturated heterocycles. The topological polar surface area (TPSA) is 137 Å². The molecule has 9 nitrogen and oxygen atoms in total. The van der Waals surface area contributed by atoms with Gasteiger partial charge in [-0.15, -0.1) is 10.2 Å². The summed E-state index contributed by atoms with van der Waals surface area (Å²) in [4.78, 5) is 25.7. The molecule has 0 atom stereocenters. The fourth-order valence-electron chi connectivity index (χ4n) is 3.68. The lowest BCUT2D eigenvalue weighted by Gasteiger charge is -2.07. The molecule has 2 aromatic heterocycles. The Labute approximate surface area is 202 Å². The van der Waals surface area contributed by atoms with Gasteiger partial charge in [-0.3, -0.25) is 9.59 Å². The second-order valence-electron chi connectivity index (χ2n) is 8.12. The van der Waals surface area contributed by atoms with Crippen LogP contribution in [0.25, 0.3) is 28.6 Å². The van der Waals surface area contributed by atoms with Crippen LogP contribution < -0.4 is 15.9 Å². The minimum atomic E-state index is -0.467. The van der Waals surface area contributed by atoms with Crippen molar-refractivity contribution in [2.75, 3.05) is 12.3 Å². The SMILES string of the molecule is CCCCCCCOc1ccc(C=CC(=O)c2cccc3c(=O)c(N)c(-c4nn[nH]n4)oc23)cc1. The van der Waals surface area contributed by atoms with Crippen molar-refractivity contribution in [2.45, 2.75) is 39.0 Å². The number of anilines is 1. The van der Waals surface area contributed by atoms with Crippen LogP contribution in [0.1, 0.15) is 54.9 Å². The van der Waals surface area contributed by atoms with Crippen molar-refractivity contribution in [3.05, 3.63) is 69.9 Å². The van der Waals surface area contributed by atoms with Crippen molar-refractivity contribution in [3.63, 3.8) is 0 Å². The van der Waals surface area contributed by atoms with E-state index in [1.807, 2.05) is 24.3 Å². The Bertz CT molecular complexity index is 1380. The van der Waals surface area contributed by atoms with E-state index in [1.54, 1.807) is 24.3 Å². The molecule has 0 saturated carbocycles. The van der Waals surface area contributed by atoms with Gasteiger partial charge in [-0.2, -0.15) is 5.21 Å². The molecule has 0 unspecified atom stereocenters. The quantitative estimate of drug-likeness (QED) is 0.180. The Morgan fingerprint density at radius 3 is 2.66 bits per heavy atom. The fraction of sp³-hybridized carbons (Fsp3) is 0.269. The van der Waals surface area contributed by atoms with Gasteiger partial charge in [-0.1, -0.05) is 56.9 Å². The van der Waals surface area contributed by atoms with E-state index in [1.165, 1.54) is 31.8 Å². The summed E-state index contributed by atoms with van der Waals surface area (Å²) in [6.45, 7) is 2.89. The highest BCUT2D eigenvalue weighted by Crippen LogP contribution is 2.27. The van der Waals surface area contributed by atoms with Gasteiger partial charge in [0.25, 0.3) is 0 Å². The zero-order valence-electron chi connectivity index (χ0n) is 19.5. The highest BCUT2D eigenvalue weighted by Gasteiger charge is 2.20. The number of ketones is 1. The molecule has 0 aliphatic carbocycles. The van der Waals surface area contributed by atoms with E-state index in [4.69, 9.17) is 14.9 Å². The van der Waals surface area contributed by atoms with Crippen LogP contribution in [0, 0.1) is 0 Å². The first-order chi connectivity index (χ1) is 17.1. The minimum absolute atomic E-state index is 0.0302. The van der Waals surface area contributed by atoms with E-state index in [0.717, 1.165) is 17.7 Å². The van der Waals surface area contributed by atoms with Crippen LogP contribution in [0.5, 0.6) is 5.75 Å². The van der Waals surface area contributed by atoms with E-state index in [0.29, 0.717) is 6.61 Å². The number of H-pyrrole nitrogens is 1. The lowest BCUT2D eigenvalue weighted by atomic mass is 10.0. The second kappa shape index (κ2) is 11.2. The van der Waals surface area contributed by atoms with E-state index in [2.05, 4.69) is 27.5 Å². The lowest BCUT2D eigenvalue weighted by molar-refractivity contribution is 0.104. The number of nitrogens with one attached hydrogen (secondary N) is 1. The number of rotatable bonds is 11. The highest BCUT2D eigenvalue weighted by molar-refractivity contribution is 6.13. The van der Waals surface area contributed by atoms with Gasteiger partial charge in [0.2, 0.25) is 17.0 Å². The van der Waals surface area contributed by atoms with Gasteiger partial charge in [0.15, 0.2) is 5.78 Å². The van der Waals surface area contributed by atoms with Crippen molar-refractivity contribution in [1.29, 1.82) is 0 Å². The predicted molar refractivity (Wildman–Crippen MR) is 134 cm³/mol. The summed E-state index contributed by atoms with van der Waals surface area (Å²) < 4.78 is 11.6. The molecule has 9 heteroatoms. The van der Waals surface area contributed by atoms with E-state index >= 15 is 0 Å². The van der Waals surface area contributed by atoms with Gasteiger partial charge in [0.1, 0.15) is 17.0 Å². The second-order valence-corrected chi connectivity index (χ2v) is 8.12. The molecule has 0 bridgehead atoms. The Balaban J connectivity index is 1.49. The standard InChI is InChI=1S/C26H27N5O4/c1-2-3-4-5-6-16-34-18-13-10-17(11-14-18)12-15-21(32)19-8-7-9-20-23(33)22(27)25(35-24(19)20)26-28-30-31-29-26/h7-15H,2-6,16,27H2,1H3,(H,28,29,30,31). The molecule has 0 radical (unpaired) electrons. The molecule has 4 rings (SSSR count). The number of allylic oxidation sites excluding steroid dienone is 1. The Hall–Kier alpha value is -4.27. The molecular weight excluding hydrogens is 446 g/mol. The Morgan fingerprint density at radius 2 is 1.91 bits per heavy atom. The largest absolute Gasteiger partial charge is 0.494 e. The number of hydrogen-bond acceptors (Lipinski definition) is 8. The number of para-hydroxylation sites is 1. The number of tetrazole rings is 1. The molecule has 0 fully saturated rings. The van der Waals surface area contributed by atoms with Crippen LogP contribution in [-0.4, -0.2) is 33.0 Å². The number of aromatic amines is 1. The summed E-state index contributed by atoms with van der Waals surface area (Å²) in [5.74, 6) is 0.463. The molecule has 0 amide bonds. The number of hydrogen-bond donors (Lipinski definition) is 2. The Morgan fingerprint density at radius 1 is 1.11 bits per heavy atom. The number of aromatic nitrogens is 4. The molecule has 0 spiro atoms. The van der Waals surface area contributed by atoms with E-state index in [9.17, 15) is 9.59 Å². The number of nitrogens with zero attached hydrogens (tertiary/aromatic N) is 3. The summed E-state index contributed by atoms with van der Waals surface area (Å²) in [6, 6.07) is 12.3. The minimum Gasteiger partial charge on any atom is -0.494 e. The number of fused-ring (bicyclic) bond motifs is 1. The highest BCUT2D eigenvalue weighted by atomic mass is 16.5. The van der Waals surface area contributed by atoms with Gasteiger partial charge < -0.3 is 14.9 Å². The number of benzene rings is 2. The van der Waals surface area contributed by atoms with Crippen molar-refractivity contribution in [3.8, 4) is 17.3 Å². The molecular formula is C26H27N5O4. The van der Waals surface area contributed by atoms with Crippen molar-refractivity contribution < 1.29 is 13.9 Å². The monoisotopic (exact) mass is 473 g/mol. The first kappa shape index (κ1) is 23.9. The average molecular weight is 474 g/mol. The third-order valence-electron chi connectivity index (χ3n) is 5.59. The number of carbonyl (C=O) groups is 1. The summed E-state index contributed by atoms with van der Waals surface area (Å²) in [5, 5.41) is 13.6. The van der Waals surface area contributed by atoms with Gasteiger partial charge in [0.05, 0.1) is 17.6 Å². The van der Waals surface area contributed by atoms with E-state index < -0.39 is 5.43 Å². The van der Waals surface area contributed by atoms with Gasteiger partial charge in [0, 0.05) is 0 Å². The normalized spacial score (nSPS) is 11.3. The molecule has 3 N–H and O–H groups in total. The zero-order chi connectivity index (χ0) is 24.6. The van der Waals surface area contributed by atoms with Crippen LogP contribution in [0.4, 0.5) is 5.69 Å². The van der Waals surface area contributed by atoms with Gasteiger partial charge in [-0.25, -0.2) is 0 Å².